The van der Waals surface area contributed by atoms with E-state index in [1.54, 1.807) is 0 Å². The number of aromatic nitrogens is 1. The normalized spacial score (nSPS) is 18.9. The lowest BCUT2D eigenvalue weighted by Crippen LogP contribution is -2.48. The Morgan fingerprint density at radius 1 is 1.33 bits per heavy atom. The van der Waals surface area contributed by atoms with E-state index in [4.69, 9.17) is 9.72 Å². The van der Waals surface area contributed by atoms with Gasteiger partial charge in [-0.15, -0.1) is 0 Å². The van der Waals surface area contributed by atoms with Crippen LogP contribution in [0.2, 0.25) is 0 Å². The number of hydrogen-bond donors (Lipinski definition) is 1. The van der Waals surface area contributed by atoms with Crippen LogP contribution >= 0.6 is 0 Å². The van der Waals surface area contributed by atoms with Gasteiger partial charge in [0.05, 0.1) is 12.2 Å². The summed E-state index contributed by atoms with van der Waals surface area (Å²) in [5.74, 6) is 1.07. The lowest BCUT2D eigenvalue weighted by atomic mass is 10.1. The third-order valence-electron chi connectivity index (χ3n) is 3.57. The summed E-state index contributed by atoms with van der Waals surface area (Å²) in [6.45, 7) is 16.3. The van der Waals surface area contributed by atoms with E-state index in [9.17, 15) is 0 Å². The highest BCUT2D eigenvalue weighted by molar-refractivity contribution is 5.43. The summed E-state index contributed by atoms with van der Waals surface area (Å²) in [5, 5.41) is 3.54. The molecule has 0 spiro atoms. The maximum Gasteiger partial charge on any atom is 0.129 e. The van der Waals surface area contributed by atoms with Crippen LogP contribution in [0.3, 0.4) is 0 Å². The second-order valence-corrected chi connectivity index (χ2v) is 7.61. The van der Waals surface area contributed by atoms with Gasteiger partial charge in [-0.3, -0.25) is 0 Å². The topological polar surface area (TPSA) is 37.4 Å². The average Bonchev–Trinajstić information content (AvgIpc) is 2.34. The molecule has 1 N–H and O–H groups in total. The molecule has 0 atom stereocenters. The maximum absolute atomic E-state index is 5.79. The van der Waals surface area contributed by atoms with Gasteiger partial charge in [0.25, 0.3) is 0 Å². The molecule has 0 aromatic carbocycles. The van der Waals surface area contributed by atoms with Gasteiger partial charge < -0.3 is 15.0 Å². The molecule has 1 saturated heterocycles. The van der Waals surface area contributed by atoms with Gasteiger partial charge in [-0.05, 0) is 59.2 Å². The van der Waals surface area contributed by atoms with Crippen LogP contribution in [-0.4, -0.2) is 35.8 Å². The molecule has 4 nitrogen and oxygen atoms in total. The molecule has 1 aromatic rings. The van der Waals surface area contributed by atoms with Crippen molar-refractivity contribution >= 4 is 5.82 Å². The van der Waals surface area contributed by atoms with E-state index in [0.29, 0.717) is 0 Å². The van der Waals surface area contributed by atoms with E-state index in [2.05, 4.69) is 63.9 Å². The maximum atomic E-state index is 5.79. The van der Waals surface area contributed by atoms with E-state index in [1.165, 1.54) is 5.56 Å². The highest BCUT2D eigenvalue weighted by Crippen LogP contribution is 2.23. The first kappa shape index (κ1) is 16.2. The van der Waals surface area contributed by atoms with Gasteiger partial charge >= 0.3 is 0 Å². The molecule has 0 aliphatic carbocycles. The van der Waals surface area contributed by atoms with E-state index >= 15 is 0 Å². The summed E-state index contributed by atoms with van der Waals surface area (Å²) in [5.41, 5.74) is 2.38. The Kier molecular flexibility index (Phi) is 4.59. The number of nitrogens with zero attached hydrogens (tertiary/aromatic N) is 2. The van der Waals surface area contributed by atoms with Crippen molar-refractivity contribution in [2.24, 2.45) is 0 Å². The number of anilines is 1. The number of morpholine rings is 1. The Balaban J connectivity index is 2.15. The quantitative estimate of drug-likeness (QED) is 0.929. The number of rotatable bonds is 3. The highest BCUT2D eigenvalue weighted by atomic mass is 16.5. The van der Waals surface area contributed by atoms with Crippen molar-refractivity contribution in [3.05, 3.63) is 23.4 Å². The van der Waals surface area contributed by atoms with Crippen molar-refractivity contribution in [3.63, 3.8) is 0 Å². The van der Waals surface area contributed by atoms with Gasteiger partial charge in [-0.25, -0.2) is 4.98 Å². The van der Waals surface area contributed by atoms with Gasteiger partial charge in [-0.2, -0.15) is 0 Å². The first-order chi connectivity index (χ1) is 9.65. The molecule has 0 bridgehead atoms. The monoisotopic (exact) mass is 291 g/mol. The molecule has 0 saturated carbocycles. The summed E-state index contributed by atoms with van der Waals surface area (Å²) < 4.78 is 5.79. The Labute approximate surface area is 128 Å². The van der Waals surface area contributed by atoms with Crippen LogP contribution in [0.4, 0.5) is 5.82 Å². The van der Waals surface area contributed by atoms with Crippen LogP contribution in [0.25, 0.3) is 0 Å². The van der Waals surface area contributed by atoms with Crippen molar-refractivity contribution in [2.75, 3.05) is 24.6 Å². The van der Waals surface area contributed by atoms with Gasteiger partial charge in [0.2, 0.25) is 0 Å². The number of nitrogens with one attached hydrogen (secondary N) is 1. The first-order valence-corrected chi connectivity index (χ1v) is 7.76. The molecule has 1 aromatic heterocycles. The minimum atomic E-state index is -0.104. The fourth-order valence-electron chi connectivity index (χ4n) is 2.56. The largest absolute Gasteiger partial charge is 0.372 e. The minimum Gasteiger partial charge on any atom is -0.372 e. The molecule has 0 unspecified atom stereocenters. The second kappa shape index (κ2) is 5.93. The summed E-state index contributed by atoms with van der Waals surface area (Å²) in [6.07, 6.45) is 0. The number of hydrogen-bond acceptors (Lipinski definition) is 4. The molecule has 118 valence electrons. The fraction of sp³-hybridized carbons (Fsp3) is 0.706. The van der Waals surface area contributed by atoms with Crippen LogP contribution in [-0.2, 0) is 11.3 Å². The molecule has 1 fully saturated rings. The van der Waals surface area contributed by atoms with E-state index in [1.807, 2.05) is 0 Å². The SMILES string of the molecule is Cc1cc(CNC(C)(C)C)cc(N2CCOC(C)(C)C2)n1. The summed E-state index contributed by atoms with van der Waals surface area (Å²) >= 11 is 0. The molecule has 21 heavy (non-hydrogen) atoms. The predicted molar refractivity (Wildman–Crippen MR) is 87.8 cm³/mol. The lowest BCUT2D eigenvalue weighted by molar-refractivity contribution is -0.0279. The minimum absolute atomic E-state index is 0.104. The van der Waals surface area contributed by atoms with Crippen LogP contribution in [0.1, 0.15) is 45.9 Å². The Morgan fingerprint density at radius 2 is 2.05 bits per heavy atom. The van der Waals surface area contributed by atoms with E-state index in [-0.39, 0.29) is 11.1 Å². The zero-order valence-corrected chi connectivity index (χ0v) is 14.3. The number of pyridine rings is 1. The Bertz CT molecular complexity index is 491. The lowest BCUT2D eigenvalue weighted by Gasteiger charge is -2.39. The van der Waals surface area contributed by atoms with Gasteiger partial charge in [-0.1, -0.05) is 0 Å². The first-order valence-electron chi connectivity index (χ1n) is 7.76. The molecular formula is C17H29N3O. The Hall–Kier alpha value is -1.13. The highest BCUT2D eigenvalue weighted by Gasteiger charge is 2.28. The molecule has 1 aliphatic heterocycles. The zero-order chi connectivity index (χ0) is 15.7. The Morgan fingerprint density at radius 3 is 2.67 bits per heavy atom. The smallest absolute Gasteiger partial charge is 0.129 e. The van der Waals surface area contributed by atoms with Crippen molar-refractivity contribution in [1.82, 2.24) is 10.3 Å². The summed E-state index contributed by atoms with van der Waals surface area (Å²) in [6, 6.07) is 4.36. The molecule has 0 amide bonds. The molecule has 0 radical (unpaired) electrons. The van der Waals surface area contributed by atoms with E-state index < -0.39 is 0 Å². The standard InChI is InChI=1S/C17H29N3O/c1-13-9-14(11-18-16(2,3)4)10-15(19-13)20-7-8-21-17(5,6)12-20/h9-10,18H,7-8,11-12H2,1-6H3. The van der Waals surface area contributed by atoms with Crippen molar-refractivity contribution in [2.45, 2.75) is 59.2 Å². The summed E-state index contributed by atoms with van der Waals surface area (Å²) in [4.78, 5) is 7.04. The molecule has 4 heteroatoms. The third-order valence-corrected chi connectivity index (χ3v) is 3.57. The fourth-order valence-corrected chi connectivity index (χ4v) is 2.56. The number of aryl methyl sites for hydroxylation is 1. The average molecular weight is 291 g/mol. The van der Waals surface area contributed by atoms with Crippen LogP contribution in [0.5, 0.6) is 0 Å². The summed E-state index contributed by atoms with van der Waals surface area (Å²) in [7, 11) is 0. The third kappa shape index (κ3) is 4.97. The van der Waals surface area contributed by atoms with Crippen molar-refractivity contribution in [3.8, 4) is 0 Å². The molecule has 1 aliphatic rings. The van der Waals surface area contributed by atoms with Crippen LogP contribution < -0.4 is 10.2 Å². The second-order valence-electron chi connectivity index (χ2n) is 7.61. The van der Waals surface area contributed by atoms with Crippen molar-refractivity contribution in [1.29, 1.82) is 0 Å². The van der Waals surface area contributed by atoms with Gasteiger partial charge in [0, 0.05) is 30.9 Å². The van der Waals surface area contributed by atoms with Crippen molar-refractivity contribution < 1.29 is 4.74 Å². The molecule has 2 rings (SSSR count). The molecule has 2 heterocycles. The molecular weight excluding hydrogens is 262 g/mol. The van der Waals surface area contributed by atoms with Gasteiger partial charge in [0.1, 0.15) is 5.82 Å². The predicted octanol–water partition coefficient (Wildman–Crippen LogP) is 2.89. The van der Waals surface area contributed by atoms with Crippen LogP contribution in [0, 0.1) is 6.92 Å². The number of ether oxygens (including phenoxy) is 1. The van der Waals surface area contributed by atoms with Crippen LogP contribution in [0.15, 0.2) is 12.1 Å². The zero-order valence-electron chi connectivity index (χ0n) is 14.3. The van der Waals surface area contributed by atoms with Gasteiger partial charge in [0.15, 0.2) is 0 Å². The van der Waals surface area contributed by atoms with E-state index in [0.717, 1.165) is 37.8 Å².